The van der Waals surface area contributed by atoms with E-state index in [9.17, 15) is 4.79 Å². The second kappa shape index (κ2) is 9.05. The number of benzene rings is 2. The molecule has 0 amide bonds. The van der Waals surface area contributed by atoms with Crippen molar-refractivity contribution in [3.8, 4) is 11.5 Å². The van der Waals surface area contributed by atoms with Gasteiger partial charge in [-0.2, -0.15) is 0 Å². The lowest BCUT2D eigenvalue weighted by Gasteiger charge is -2.19. The molecule has 0 N–H and O–H groups in total. The second-order valence-corrected chi connectivity index (χ2v) is 7.90. The van der Waals surface area contributed by atoms with Gasteiger partial charge in [-0.15, -0.1) is 11.8 Å². The minimum atomic E-state index is -0.157. The van der Waals surface area contributed by atoms with Crippen molar-refractivity contribution >= 4 is 28.4 Å². The summed E-state index contributed by atoms with van der Waals surface area (Å²) in [4.78, 5) is 18.4. The van der Waals surface area contributed by atoms with Crippen molar-refractivity contribution < 1.29 is 18.7 Å². The average molecular weight is 420 g/mol. The Labute approximate surface area is 179 Å². The van der Waals surface area contributed by atoms with E-state index in [1.54, 1.807) is 44.3 Å². The van der Waals surface area contributed by atoms with Crippen LogP contribution in [-0.2, 0) is 0 Å². The number of rotatable bonds is 8. The Morgan fingerprint density at radius 1 is 1.03 bits per heavy atom. The average Bonchev–Trinajstić information content (AvgIpc) is 3.33. The van der Waals surface area contributed by atoms with Gasteiger partial charge in [-0.05, 0) is 42.0 Å². The quantitative estimate of drug-likeness (QED) is 0.260. The molecule has 4 aromatic rings. The lowest BCUT2D eigenvalue weighted by atomic mass is 10.1. The maximum atomic E-state index is 12.8. The summed E-state index contributed by atoms with van der Waals surface area (Å²) in [5.41, 5.74) is 1.88. The van der Waals surface area contributed by atoms with Crippen LogP contribution in [0.2, 0.25) is 0 Å². The van der Waals surface area contributed by atoms with Gasteiger partial charge in [0.15, 0.2) is 23.0 Å². The van der Waals surface area contributed by atoms with Crippen molar-refractivity contribution in [2.24, 2.45) is 0 Å². The molecule has 1 unspecified atom stereocenters. The van der Waals surface area contributed by atoms with Gasteiger partial charge in [0.05, 0.1) is 26.0 Å². The zero-order valence-corrected chi connectivity index (χ0v) is 17.5. The number of hydrogen-bond donors (Lipinski definition) is 0. The lowest BCUT2D eigenvalue weighted by molar-refractivity contribution is 0.0955. The molecule has 152 valence electrons. The van der Waals surface area contributed by atoms with Crippen LogP contribution in [0.4, 0.5) is 0 Å². The predicted molar refractivity (Wildman–Crippen MR) is 118 cm³/mol. The SMILES string of the molecule is COc1ccc(C(CC(=O)c2ccco2)Sc2cccc3cccnc23)cc1OC. The van der Waals surface area contributed by atoms with Gasteiger partial charge in [0.2, 0.25) is 0 Å². The summed E-state index contributed by atoms with van der Waals surface area (Å²) in [6.07, 6.45) is 3.57. The number of pyridine rings is 1. The van der Waals surface area contributed by atoms with E-state index in [-0.39, 0.29) is 17.5 Å². The van der Waals surface area contributed by atoms with Crippen molar-refractivity contribution in [3.05, 3.63) is 84.4 Å². The molecule has 0 fully saturated rings. The molecule has 0 aliphatic rings. The van der Waals surface area contributed by atoms with E-state index in [0.29, 0.717) is 17.3 Å². The number of aromatic nitrogens is 1. The Bertz CT molecular complexity index is 1150. The Kier molecular flexibility index (Phi) is 6.05. The molecule has 5 nitrogen and oxygen atoms in total. The zero-order chi connectivity index (χ0) is 20.9. The number of ether oxygens (including phenoxy) is 2. The van der Waals surface area contributed by atoms with Gasteiger partial charge in [0.1, 0.15) is 0 Å². The summed E-state index contributed by atoms with van der Waals surface area (Å²) in [6, 6.07) is 19.2. The molecule has 2 aromatic heterocycles. The predicted octanol–water partition coefficient (Wildman–Crippen LogP) is 5.95. The van der Waals surface area contributed by atoms with Crippen LogP contribution in [0.15, 0.2) is 82.4 Å². The van der Waals surface area contributed by atoms with Crippen LogP contribution >= 0.6 is 11.8 Å². The largest absolute Gasteiger partial charge is 0.493 e. The number of carbonyl (C=O) groups excluding carboxylic acids is 1. The van der Waals surface area contributed by atoms with E-state index in [4.69, 9.17) is 13.9 Å². The summed E-state index contributed by atoms with van der Waals surface area (Å²) in [5.74, 6) is 1.58. The van der Waals surface area contributed by atoms with Gasteiger partial charge in [0.25, 0.3) is 0 Å². The number of furan rings is 1. The minimum Gasteiger partial charge on any atom is -0.493 e. The van der Waals surface area contributed by atoms with Crippen molar-refractivity contribution in [2.45, 2.75) is 16.6 Å². The molecule has 0 bridgehead atoms. The first-order valence-corrected chi connectivity index (χ1v) is 10.4. The van der Waals surface area contributed by atoms with Gasteiger partial charge in [-0.1, -0.05) is 24.3 Å². The molecular formula is C24H21NO4S. The topological polar surface area (TPSA) is 61.6 Å². The van der Waals surface area contributed by atoms with Gasteiger partial charge < -0.3 is 13.9 Å². The molecule has 0 aliphatic heterocycles. The van der Waals surface area contributed by atoms with Crippen LogP contribution in [-0.4, -0.2) is 25.0 Å². The summed E-state index contributed by atoms with van der Waals surface area (Å²) in [6.45, 7) is 0. The minimum absolute atomic E-state index is 0.0551. The lowest BCUT2D eigenvalue weighted by Crippen LogP contribution is -2.05. The third kappa shape index (κ3) is 4.19. The molecule has 2 heterocycles. The van der Waals surface area contributed by atoms with E-state index < -0.39 is 0 Å². The molecule has 4 rings (SSSR count). The van der Waals surface area contributed by atoms with Crippen LogP contribution in [0.3, 0.4) is 0 Å². The molecule has 0 aliphatic carbocycles. The molecule has 0 spiro atoms. The Balaban J connectivity index is 1.72. The smallest absolute Gasteiger partial charge is 0.199 e. The highest BCUT2D eigenvalue weighted by Gasteiger charge is 2.22. The molecular weight excluding hydrogens is 398 g/mol. The Morgan fingerprint density at radius 2 is 1.87 bits per heavy atom. The van der Waals surface area contributed by atoms with E-state index in [2.05, 4.69) is 4.98 Å². The van der Waals surface area contributed by atoms with Gasteiger partial charge in [-0.25, -0.2) is 0 Å². The first kappa shape index (κ1) is 20.0. The molecule has 1 atom stereocenters. The van der Waals surface area contributed by atoms with Gasteiger partial charge >= 0.3 is 0 Å². The molecule has 2 aromatic carbocycles. The third-order valence-corrected chi connectivity index (χ3v) is 6.12. The summed E-state index contributed by atoms with van der Waals surface area (Å²) in [7, 11) is 3.21. The van der Waals surface area contributed by atoms with E-state index in [1.165, 1.54) is 6.26 Å². The number of Topliss-reactive ketones (excluding diaryl/α,β-unsaturated/α-hetero) is 1. The molecule has 0 radical (unpaired) electrons. The Morgan fingerprint density at radius 3 is 2.63 bits per heavy atom. The molecule has 0 saturated carbocycles. The highest BCUT2D eigenvalue weighted by molar-refractivity contribution is 7.99. The number of fused-ring (bicyclic) bond motifs is 1. The first-order chi connectivity index (χ1) is 14.7. The van der Waals surface area contributed by atoms with Gasteiger partial charge in [-0.3, -0.25) is 9.78 Å². The van der Waals surface area contributed by atoms with Crippen LogP contribution in [0.1, 0.15) is 27.8 Å². The summed E-state index contributed by atoms with van der Waals surface area (Å²) in [5, 5.41) is 0.904. The highest BCUT2D eigenvalue weighted by atomic mass is 32.2. The normalized spacial score (nSPS) is 11.9. The maximum Gasteiger partial charge on any atom is 0.199 e. The van der Waals surface area contributed by atoms with Crippen LogP contribution in [0.25, 0.3) is 10.9 Å². The van der Waals surface area contributed by atoms with E-state index in [1.807, 2.05) is 48.5 Å². The zero-order valence-electron chi connectivity index (χ0n) is 16.7. The van der Waals surface area contributed by atoms with E-state index in [0.717, 1.165) is 21.4 Å². The van der Waals surface area contributed by atoms with Crippen molar-refractivity contribution in [1.29, 1.82) is 0 Å². The maximum absolute atomic E-state index is 12.8. The van der Waals surface area contributed by atoms with E-state index >= 15 is 0 Å². The number of nitrogens with zero attached hydrogens (tertiary/aromatic N) is 1. The number of methoxy groups -OCH3 is 2. The van der Waals surface area contributed by atoms with Gasteiger partial charge in [0, 0.05) is 28.1 Å². The molecule has 30 heavy (non-hydrogen) atoms. The highest BCUT2D eigenvalue weighted by Crippen LogP contribution is 2.43. The third-order valence-electron chi connectivity index (χ3n) is 4.81. The van der Waals surface area contributed by atoms with Crippen LogP contribution in [0.5, 0.6) is 11.5 Å². The van der Waals surface area contributed by atoms with Crippen molar-refractivity contribution in [2.75, 3.05) is 14.2 Å². The molecule has 6 heteroatoms. The molecule has 0 saturated heterocycles. The summed E-state index contributed by atoms with van der Waals surface area (Å²) >= 11 is 1.61. The second-order valence-electron chi connectivity index (χ2n) is 6.66. The van der Waals surface area contributed by atoms with Crippen LogP contribution < -0.4 is 9.47 Å². The Hall–Kier alpha value is -3.25. The number of thioether (sulfide) groups is 1. The van der Waals surface area contributed by atoms with Crippen molar-refractivity contribution in [1.82, 2.24) is 4.98 Å². The first-order valence-electron chi connectivity index (χ1n) is 9.48. The number of ketones is 1. The number of carbonyl (C=O) groups is 1. The van der Waals surface area contributed by atoms with Crippen LogP contribution in [0, 0.1) is 0 Å². The fourth-order valence-corrected chi connectivity index (χ4v) is 4.57. The van der Waals surface area contributed by atoms with Crippen molar-refractivity contribution in [3.63, 3.8) is 0 Å². The fraction of sp³-hybridized carbons (Fsp3) is 0.167. The number of hydrogen-bond acceptors (Lipinski definition) is 6. The number of para-hydroxylation sites is 1. The standard InChI is InChI=1S/C24H21NO4S/c1-27-20-11-10-17(14-21(20)28-2)23(15-18(26)19-8-5-13-29-19)30-22-9-3-6-16-7-4-12-25-24(16)22/h3-14,23H,15H2,1-2H3. The monoisotopic (exact) mass is 419 g/mol. The fourth-order valence-electron chi connectivity index (χ4n) is 3.31. The summed E-state index contributed by atoms with van der Waals surface area (Å²) < 4.78 is 16.2.